The Balaban J connectivity index is 1.31. The van der Waals surface area contributed by atoms with E-state index in [9.17, 15) is 13.2 Å². The molecule has 0 radical (unpaired) electrons. The van der Waals surface area contributed by atoms with Crippen LogP contribution in [-0.4, -0.2) is 68.0 Å². The lowest BCUT2D eigenvalue weighted by Gasteiger charge is -2.26. The molecule has 1 amide bonds. The fraction of sp³-hybridized carbons (Fsp3) is 0.364. The van der Waals surface area contributed by atoms with Gasteiger partial charge in [-0.3, -0.25) is 9.69 Å². The van der Waals surface area contributed by atoms with E-state index < -0.39 is 10.0 Å². The van der Waals surface area contributed by atoms with Gasteiger partial charge in [-0.15, -0.1) is 0 Å². The lowest BCUT2D eigenvalue weighted by molar-refractivity contribution is 0.0376. The highest BCUT2D eigenvalue weighted by Gasteiger charge is 2.16. The topological polar surface area (TPSA) is 105 Å². The number of ether oxygens (including phenoxy) is 1. The number of imidazole rings is 1. The van der Waals surface area contributed by atoms with Crippen LogP contribution < -0.4 is 10.0 Å². The van der Waals surface area contributed by atoms with Crippen molar-refractivity contribution < 1.29 is 17.9 Å². The summed E-state index contributed by atoms with van der Waals surface area (Å²) in [4.78, 5) is 19.3. The van der Waals surface area contributed by atoms with Crippen molar-refractivity contribution in [2.75, 3.05) is 44.7 Å². The first-order valence-electron chi connectivity index (χ1n) is 10.6. The molecule has 170 valence electrons. The van der Waals surface area contributed by atoms with Crippen molar-refractivity contribution in [2.24, 2.45) is 0 Å². The summed E-state index contributed by atoms with van der Waals surface area (Å²) in [5, 5.41) is 2.76. The first-order chi connectivity index (χ1) is 15.4. The molecule has 0 spiro atoms. The number of morpholine rings is 1. The predicted molar refractivity (Wildman–Crippen MR) is 121 cm³/mol. The number of benzene rings is 1. The fourth-order valence-corrected chi connectivity index (χ4v) is 4.60. The maximum atomic E-state index is 12.5. The van der Waals surface area contributed by atoms with Gasteiger partial charge in [-0.2, -0.15) is 0 Å². The zero-order chi connectivity index (χ0) is 22.6. The van der Waals surface area contributed by atoms with Crippen LogP contribution in [0, 0.1) is 6.92 Å². The predicted octanol–water partition coefficient (Wildman–Crippen LogP) is 1.90. The van der Waals surface area contributed by atoms with Gasteiger partial charge in [0.1, 0.15) is 11.3 Å². The smallest absolute Gasteiger partial charge is 0.275 e. The minimum atomic E-state index is -3.60. The molecular formula is C22H27N5O4S. The third kappa shape index (κ3) is 5.52. The van der Waals surface area contributed by atoms with Gasteiger partial charge in [0.2, 0.25) is 10.0 Å². The highest BCUT2D eigenvalue weighted by atomic mass is 32.2. The van der Waals surface area contributed by atoms with E-state index in [0.717, 1.165) is 44.8 Å². The molecule has 10 heteroatoms. The van der Waals surface area contributed by atoms with Crippen molar-refractivity contribution in [1.82, 2.24) is 19.0 Å². The lowest BCUT2D eigenvalue weighted by atomic mass is 10.3. The first-order valence-corrected chi connectivity index (χ1v) is 12.1. The third-order valence-electron chi connectivity index (χ3n) is 5.32. The Bertz CT molecular complexity index is 1180. The number of anilines is 1. The van der Waals surface area contributed by atoms with Crippen molar-refractivity contribution in [3.8, 4) is 0 Å². The molecule has 1 aromatic carbocycles. The molecule has 0 bridgehead atoms. The van der Waals surface area contributed by atoms with Gasteiger partial charge < -0.3 is 14.5 Å². The minimum Gasteiger partial charge on any atom is -0.379 e. The van der Waals surface area contributed by atoms with Crippen molar-refractivity contribution >= 4 is 27.3 Å². The average Bonchev–Trinajstić information content (AvgIpc) is 3.21. The third-order valence-corrected chi connectivity index (χ3v) is 6.79. The second-order valence-electron chi connectivity index (χ2n) is 7.78. The first kappa shape index (κ1) is 22.4. The SMILES string of the molecule is Cc1ccn2cc(C(=O)Nc3ccc(S(=O)(=O)NCCCN4CCOCC4)cc3)nc2c1. The Labute approximate surface area is 187 Å². The molecule has 3 aromatic rings. The van der Waals surface area contributed by atoms with Crippen molar-refractivity contribution in [3.63, 3.8) is 0 Å². The normalized spacial score (nSPS) is 15.2. The Hall–Kier alpha value is -2.79. The summed E-state index contributed by atoms with van der Waals surface area (Å²) in [7, 11) is -3.60. The summed E-state index contributed by atoms with van der Waals surface area (Å²) in [5.41, 5.74) is 2.53. The van der Waals surface area contributed by atoms with Gasteiger partial charge in [0.15, 0.2) is 0 Å². The van der Waals surface area contributed by atoms with E-state index in [-0.39, 0.29) is 16.5 Å². The van der Waals surface area contributed by atoms with Crippen LogP contribution in [0.1, 0.15) is 22.5 Å². The molecule has 0 atom stereocenters. The van der Waals surface area contributed by atoms with Gasteiger partial charge in [0.05, 0.1) is 18.1 Å². The number of nitrogens with zero attached hydrogens (tertiary/aromatic N) is 3. The Morgan fingerprint density at radius 3 is 2.66 bits per heavy atom. The van der Waals surface area contributed by atoms with Crippen molar-refractivity contribution in [1.29, 1.82) is 0 Å². The van der Waals surface area contributed by atoms with Crippen LogP contribution in [0.2, 0.25) is 0 Å². The average molecular weight is 458 g/mol. The maximum absolute atomic E-state index is 12.5. The molecule has 2 aromatic heterocycles. The number of fused-ring (bicyclic) bond motifs is 1. The molecular weight excluding hydrogens is 430 g/mol. The molecule has 2 N–H and O–H groups in total. The number of carbonyl (C=O) groups is 1. The number of pyridine rings is 1. The summed E-state index contributed by atoms with van der Waals surface area (Å²) in [6.45, 7) is 6.38. The van der Waals surface area contributed by atoms with E-state index in [1.54, 1.807) is 22.7 Å². The molecule has 0 unspecified atom stereocenters. The summed E-state index contributed by atoms with van der Waals surface area (Å²) in [5.74, 6) is -0.358. The van der Waals surface area contributed by atoms with E-state index in [1.807, 2.05) is 25.3 Å². The van der Waals surface area contributed by atoms with Crippen LogP contribution in [0.3, 0.4) is 0 Å². The van der Waals surface area contributed by atoms with E-state index in [1.165, 1.54) is 12.1 Å². The number of carbonyl (C=O) groups excluding carboxylic acids is 1. The van der Waals surface area contributed by atoms with Gasteiger partial charge in [-0.05, 0) is 61.9 Å². The molecule has 4 rings (SSSR count). The summed E-state index contributed by atoms with van der Waals surface area (Å²) in [6, 6.07) is 9.93. The number of hydrogen-bond acceptors (Lipinski definition) is 6. The van der Waals surface area contributed by atoms with E-state index >= 15 is 0 Å². The van der Waals surface area contributed by atoms with E-state index in [0.29, 0.717) is 17.9 Å². The molecule has 1 saturated heterocycles. The summed E-state index contributed by atoms with van der Waals surface area (Å²) < 4.78 is 34.8. The van der Waals surface area contributed by atoms with Crippen LogP contribution in [0.25, 0.3) is 5.65 Å². The molecule has 32 heavy (non-hydrogen) atoms. The Morgan fingerprint density at radius 1 is 1.16 bits per heavy atom. The number of sulfonamides is 1. The largest absolute Gasteiger partial charge is 0.379 e. The van der Waals surface area contributed by atoms with Gasteiger partial charge in [0, 0.05) is 37.7 Å². The van der Waals surface area contributed by atoms with Crippen LogP contribution >= 0.6 is 0 Å². The molecule has 3 heterocycles. The molecule has 0 saturated carbocycles. The number of aromatic nitrogens is 2. The van der Waals surface area contributed by atoms with E-state index in [4.69, 9.17) is 4.74 Å². The summed E-state index contributed by atoms with van der Waals surface area (Å²) in [6.07, 6.45) is 4.23. The van der Waals surface area contributed by atoms with E-state index in [2.05, 4.69) is 19.9 Å². The standard InChI is InChI=1S/C22H27N5O4S/c1-17-7-10-27-16-20(25-21(27)15-17)22(28)24-18-3-5-19(6-4-18)32(29,30)23-8-2-9-26-11-13-31-14-12-26/h3-7,10,15-16,23H,2,8-9,11-14H2,1H3,(H,24,28). The number of amides is 1. The van der Waals surface area contributed by atoms with Gasteiger partial charge >= 0.3 is 0 Å². The Morgan fingerprint density at radius 2 is 1.91 bits per heavy atom. The highest BCUT2D eigenvalue weighted by Crippen LogP contribution is 2.16. The highest BCUT2D eigenvalue weighted by molar-refractivity contribution is 7.89. The van der Waals surface area contributed by atoms with Crippen LogP contribution in [-0.2, 0) is 14.8 Å². The van der Waals surface area contributed by atoms with Gasteiger partial charge in [-0.1, -0.05) is 0 Å². The number of rotatable bonds is 8. The number of aryl methyl sites for hydroxylation is 1. The zero-order valence-electron chi connectivity index (χ0n) is 18.0. The molecule has 1 fully saturated rings. The number of hydrogen-bond donors (Lipinski definition) is 2. The number of nitrogens with one attached hydrogen (secondary N) is 2. The molecule has 9 nitrogen and oxygen atoms in total. The molecule has 1 aliphatic heterocycles. The second kappa shape index (κ2) is 9.78. The minimum absolute atomic E-state index is 0.157. The fourth-order valence-electron chi connectivity index (χ4n) is 3.52. The second-order valence-corrected chi connectivity index (χ2v) is 9.55. The molecule has 1 aliphatic rings. The van der Waals surface area contributed by atoms with Gasteiger partial charge in [-0.25, -0.2) is 18.1 Å². The maximum Gasteiger partial charge on any atom is 0.275 e. The van der Waals surface area contributed by atoms with Crippen LogP contribution in [0.15, 0.2) is 53.7 Å². The van der Waals surface area contributed by atoms with Gasteiger partial charge in [0.25, 0.3) is 5.91 Å². The summed E-state index contributed by atoms with van der Waals surface area (Å²) >= 11 is 0. The Kier molecular flexibility index (Phi) is 6.85. The zero-order valence-corrected chi connectivity index (χ0v) is 18.8. The molecule has 0 aliphatic carbocycles. The van der Waals surface area contributed by atoms with Crippen molar-refractivity contribution in [3.05, 3.63) is 60.0 Å². The monoisotopic (exact) mass is 457 g/mol. The van der Waals surface area contributed by atoms with Crippen molar-refractivity contribution in [2.45, 2.75) is 18.2 Å². The van der Waals surface area contributed by atoms with Crippen LogP contribution in [0.5, 0.6) is 0 Å². The lowest BCUT2D eigenvalue weighted by Crippen LogP contribution is -2.38. The van der Waals surface area contributed by atoms with Crippen LogP contribution in [0.4, 0.5) is 5.69 Å². The quantitative estimate of drug-likeness (QED) is 0.501.